The van der Waals surface area contributed by atoms with Crippen molar-refractivity contribution in [1.29, 1.82) is 0 Å². The van der Waals surface area contributed by atoms with Crippen LogP contribution in [0.1, 0.15) is 49.3 Å². The summed E-state index contributed by atoms with van der Waals surface area (Å²) in [5.74, 6) is 1.08. The normalized spacial score (nSPS) is 33.9. The van der Waals surface area contributed by atoms with Gasteiger partial charge in [-0.25, -0.2) is 8.78 Å². The lowest BCUT2D eigenvalue weighted by molar-refractivity contribution is -0.0132. The Labute approximate surface area is 118 Å². The van der Waals surface area contributed by atoms with Crippen LogP contribution in [0.25, 0.3) is 0 Å². The minimum atomic E-state index is -2.50. The molecule has 110 valence electrons. The molecule has 0 spiro atoms. The Bertz CT molecular complexity index is 493. The molecule has 0 amide bonds. The molecule has 2 nitrogen and oxygen atoms in total. The molecule has 2 bridgehead atoms. The summed E-state index contributed by atoms with van der Waals surface area (Å²) >= 11 is 0. The van der Waals surface area contributed by atoms with Crippen LogP contribution in [-0.4, -0.2) is 11.7 Å². The average Bonchev–Trinajstić information content (AvgIpc) is 3.07. The van der Waals surface area contributed by atoms with Crippen LogP contribution >= 0.6 is 0 Å². The van der Waals surface area contributed by atoms with Crippen molar-refractivity contribution in [2.24, 2.45) is 23.0 Å². The van der Waals surface area contributed by atoms with Gasteiger partial charge in [-0.2, -0.15) is 0 Å². The smallest absolute Gasteiger partial charge is 0.263 e. The zero-order chi connectivity index (χ0) is 14.3. The summed E-state index contributed by atoms with van der Waals surface area (Å²) in [6, 6.07) is 6.16. The third-order valence-electron chi connectivity index (χ3n) is 5.43. The second-order valence-electron chi connectivity index (χ2n) is 6.39. The van der Waals surface area contributed by atoms with E-state index in [2.05, 4.69) is 0 Å². The summed E-state index contributed by atoms with van der Waals surface area (Å²) in [4.78, 5) is 0. The predicted octanol–water partition coefficient (Wildman–Crippen LogP) is 3.42. The van der Waals surface area contributed by atoms with Crippen molar-refractivity contribution in [2.75, 3.05) is 6.54 Å². The van der Waals surface area contributed by atoms with Crippen LogP contribution < -0.4 is 5.73 Å². The van der Waals surface area contributed by atoms with Crippen molar-refractivity contribution in [3.63, 3.8) is 0 Å². The van der Waals surface area contributed by atoms with Gasteiger partial charge < -0.3 is 10.8 Å². The predicted molar refractivity (Wildman–Crippen MR) is 73.3 cm³/mol. The molecule has 1 aromatic rings. The lowest BCUT2D eigenvalue weighted by atomic mass is 9.67. The number of halogens is 2. The van der Waals surface area contributed by atoms with Crippen LogP contribution in [0.3, 0.4) is 0 Å². The summed E-state index contributed by atoms with van der Waals surface area (Å²) in [5.41, 5.74) is 6.22. The highest BCUT2D eigenvalue weighted by atomic mass is 19.3. The van der Waals surface area contributed by atoms with Gasteiger partial charge in [0.05, 0.1) is 6.10 Å². The zero-order valence-corrected chi connectivity index (χ0v) is 11.4. The van der Waals surface area contributed by atoms with E-state index in [1.54, 1.807) is 12.1 Å². The van der Waals surface area contributed by atoms with Crippen molar-refractivity contribution in [2.45, 2.75) is 38.2 Å². The summed E-state index contributed by atoms with van der Waals surface area (Å²) in [6.07, 6.45) is 1.14. The monoisotopic (exact) mass is 281 g/mol. The molecule has 3 rings (SSSR count). The fourth-order valence-corrected chi connectivity index (χ4v) is 4.38. The van der Waals surface area contributed by atoms with Crippen LogP contribution in [0.5, 0.6) is 0 Å². The highest BCUT2D eigenvalue weighted by Gasteiger charge is 2.54. The van der Waals surface area contributed by atoms with Crippen LogP contribution in [-0.2, 0) is 0 Å². The standard InChI is InChI=1S/C16H21F2NO/c17-15(18)12-3-1-2-11(7-12)14(20)16(9-19)8-10-4-5-13(16)6-10/h1-3,7,10,13-15,20H,4-6,8-9,19H2. The highest BCUT2D eigenvalue weighted by Crippen LogP contribution is 2.60. The number of alkyl halides is 2. The molecule has 4 unspecified atom stereocenters. The van der Waals surface area contributed by atoms with Crippen molar-refractivity contribution in [3.8, 4) is 0 Å². The molecule has 2 aliphatic carbocycles. The second kappa shape index (κ2) is 5.08. The summed E-state index contributed by atoms with van der Waals surface area (Å²) in [6.45, 7) is 0.425. The van der Waals surface area contributed by atoms with E-state index in [9.17, 15) is 13.9 Å². The second-order valence-corrected chi connectivity index (χ2v) is 6.39. The van der Waals surface area contributed by atoms with Gasteiger partial charge in [-0.15, -0.1) is 0 Å². The minimum absolute atomic E-state index is 0.0307. The molecule has 1 aromatic carbocycles. The highest BCUT2D eigenvalue weighted by molar-refractivity contribution is 5.28. The number of aliphatic hydroxyl groups excluding tert-OH is 1. The van der Waals surface area contributed by atoms with Gasteiger partial charge in [0.2, 0.25) is 0 Å². The summed E-state index contributed by atoms with van der Waals surface area (Å²) in [5, 5.41) is 10.8. The Balaban J connectivity index is 1.91. The fourth-order valence-electron chi connectivity index (χ4n) is 4.38. The molecular formula is C16H21F2NO. The lowest BCUT2D eigenvalue weighted by Gasteiger charge is -2.41. The number of aliphatic hydroxyl groups is 1. The number of benzene rings is 1. The third-order valence-corrected chi connectivity index (χ3v) is 5.43. The maximum absolute atomic E-state index is 12.8. The average molecular weight is 281 g/mol. The molecule has 2 aliphatic rings. The molecule has 2 saturated carbocycles. The summed E-state index contributed by atoms with van der Waals surface area (Å²) < 4.78 is 25.6. The van der Waals surface area contributed by atoms with Crippen molar-refractivity contribution in [1.82, 2.24) is 0 Å². The Morgan fingerprint density at radius 3 is 2.60 bits per heavy atom. The largest absolute Gasteiger partial charge is 0.388 e. The first-order valence-corrected chi connectivity index (χ1v) is 7.33. The molecule has 0 saturated heterocycles. The van der Waals surface area contributed by atoms with Gasteiger partial charge in [0.15, 0.2) is 0 Å². The maximum atomic E-state index is 12.8. The quantitative estimate of drug-likeness (QED) is 0.888. The summed E-state index contributed by atoms with van der Waals surface area (Å²) in [7, 11) is 0. The topological polar surface area (TPSA) is 46.2 Å². The van der Waals surface area contributed by atoms with Crippen LogP contribution in [0.4, 0.5) is 8.78 Å². The zero-order valence-electron chi connectivity index (χ0n) is 11.4. The molecule has 0 aromatic heterocycles. The van der Waals surface area contributed by atoms with Crippen LogP contribution in [0, 0.1) is 17.3 Å². The minimum Gasteiger partial charge on any atom is -0.388 e. The lowest BCUT2D eigenvalue weighted by Crippen LogP contribution is -2.41. The Morgan fingerprint density at radius 1 is 1.30 bits per heavy atom. The molecular weight excluding hydrogens is 260 g/mol. The molecule has 0 heterocycles. The van der Waals surface area contributed by atoms with Gasteiger partial charge in [0.25, 0.3) is 6.43 Å². The molecule has 3 N–H and O–H groups in total. The van der Waals surface area contributed by atoms with Crippen molar-refractivity contribution >= 4 is 0 Å². The maximum Gasteiger partial charge on any atom is 0.263 e. The molecule has 0 aliphatic heterocycles. The molecule has 20 heavy (non-hydrogen) atoms. The van der Waals surface area contributed by atoms with E-state index in [1.807, 2.05) is 0 Å². The van der Waals surface area contributed by atoms with Gasteiger partial charge in [-0.05, 0) is 42.7 Å². The van der Waals surface area contributed by atoms with Crippen molar-refractivity contribution in [3.05, 3.63) is 35.4 Å². The van der Waals surface area contributed by atoms with Crippen molar-refractivity contribution < 1.29 is 13.9 Å². The molecule has 0 radical (unpaired) electrons. The van der Waals surface area contributed by atoms with Gasteiger partial charge in [0, 0.05) is 17.5 Å². The number of nitrogens with two attached hydrogens (primary N) is 1. The SMILES string of the molecule is NCC1(C(O)c2cccc(C(F)F)c2)CC2CCC1C2. The van der Waals surface area contributed by atoms with E-state index >= 15 is 0 Å². The molecule has 4 heteroatoms. The van der Waals surface area contributed by atoms with E-state index in [4.69, 9.17) is 5.73 Å². The molecule has 4 atom stereocenters. The first-order chi connectivity index (χ1) is 9.56. The number of rotatable bonds is 4. The number of fused-ring (bicyclic) bond motifs is 2. The van der Waals surface area contributed by atoms with E-state index in [-0.39, 0.29) is 11.0 Å². The first kappa shape index (κ1) is 14.0. The Morgan fingerprint density at radius 2 is 2.05 bits per heavy atom. The number of hydrogen-bond acceptors (Lipinski definition) is 2. The van der Waals surface area contributed by atoms with Gasteiger partial charge in [-0.1, -0.05) is 24.6 Å². The van der Waals surface area contributed by atoms with Gasteiger partial charge in [0.1, 0.15) is 0 Å². The number of hydrogen-bond donors (Lipinski definition) is 2. The van der Waals surface area contributed by atoms with E-state index < -0.39 is 12.5 Å². The Hall–Kier alpha value is -1.00. The van der Waals surface area contributed by atoms with E-state index in [1.165, 1.54) is 18.6 Å². The Kier molecular flexibility index (Phi) is 3.55. The molecule has 2 fully saturated rings. The van der Waals surface area contributed by atoms with E-state index in [0.29, 0.717) is 23.9 Å². The first-order valence-electron chi connectivity index (χ1n) is 7.33. The van der Waals surface area contributed by atoms with Crippen LogP contribution in [0.2, 0.25) is 0 Å². The third kappa shape index (κ3) is 2.06. The van der Waals surface area contributed by atoms with Gasteiger partial charge in [-0.3, -0.25) is 0 Å². The van der Waals surface area contributed by atoms with Crippen LogP contribution in [0.15, 0.2) is 24.3 Å². The fraction of sp³-hybridized carbons (Fsp3) is 0.625. The van der Waals surface area contributed by atoms with Gasteiger partial charge >= 0.3 is 0 Å². The van der Waals surface area contributed by atoms with E-state index in [0.717, 1.165) is 19.3 Å².